The van der Waals surface area contributed by atoms with Crippen molar-refractivity contribution in [2.75, 3.05) is 0 Å². The van der Waals surface area contributed by atoms with Crippen molar-refractivity contribution >= 4 is 21.9 Å². The van der Waals surface area contributed by atoms with Crippen molar-refractivity contribution in [2.45, 2.75) is 0 Å². The summed E-state index contributed by atoms with van der Waals surface area (Å²) in [5.41, 5.74) is 8.89. The second-order valence-corrected chi connectivity index (χ2v) is 9.05. The summed E-state index contributed by atoms with van der Waals surface area (Å²) in [6, 6.07) is 45.5. The quantitative estimate of drug-likeness (QED) is 0.255. The van der Waals surface area contributed by atoms with E-state index in [0.717, 1.165) is 61.1 Å². The molecule has 7 rings (SSSR count). The maximum absolute atomic E-state index is 6.26. The first-order valence-electron chi connectivity index (χ1n) is 12.3. The fourth-order valence-corrected chi connectivity index (χ4v) is 4.86. The number of hydrogen-bond acceptors (Lipinski definition) is 3. The molecule has 0 aliphatic carbocycles. The first kappa shape index (κ1) is 21.3. The fraction of sp³-hybridized carbons (Fsp3) is 0. The molecule has 0 N–H and O–H groups in total. The highest BCUT2D eigenvalue weighted by molar-refractivity contribution is 6.09. The third kappa shape index (κ3) is 3.87. The summed E-state index contributed by atoms with van der Waals surface area (Å²) < 4.78 is 6.26. The van der Waals surface area contributed by atoms with Crippen molar-refractivity contribution in [3.8, 4) is 45.0 Å². The molecule has 3 heteroatoms. The molecule has 0 radical (unpaired) electrons. The Morgan fingerprint density at radius 3 is 1.68 bits per heavy atom. The third-order valence-electron chi connectivity index (χ3n) is 6.72. The highest BCUT2D eigenvalue weighted by Gasteiger charge is 2.13. The Labute approximate surface area is 214 Å². The predicted octanol–water partition coefficient (Wildman–Crippen LogP) is 9.04. The van der Waals surface area contributed by atoms with E-state index in [0.29, 0.717) is 5.82 Å². The number of hydrogen-bond donors (Lipinski definition) is 0. The fourth-order valence-electron chi connectivity index (χ4n) is 4.86. The number of furan rings is 1. The van der Waals surface area contributed by atoms with Crippen LogP contribution < -0.4 is 0 Å². The van der Waals surface area contributed by atoms with E-state index in [9.17, 15) is 0 Å². The van der Waals surface area contributed by atoms with E-state index >= 15 is 0 Å². The van der Waals surface area contributed by atoms with Crippen LogP contribution in [0.4, 0.5) is 0 Å². The Bertz CT molecular complexity index is 1800. The lowest BCUT2D eigenvalue weighted by molar-refractivity contribution is 0.670. The predicted molar refractivity (Wildman–Crippen MR) is 151 cm³/mol. The molecular weight excluding hydrogens is 452 g/mol. The smallest absolute Gasteiger partial charge is 0.160 e. The van der Waals surface area contributed by atoms with Crippen molar-refractivity contribution in [3.63, 3.8) is 0 Å². The van der Waals surface area contributed by atoms with Gasteiger partial charge in [-0.3, -0.25) is 0 Å². The molecule has 174 valence electrons. The molecule has 0 aliphatic rings. The molecule has 0 atom stereocenters. The summed E-state index contributed by atoms with van der Waals surface area (Å²) in [6.45, 7) is 0. The van der Waals surface area contributed by atoms with E-state index in [4.69, 9.17) is 14.4 Å². The Balaban J connectivity index is 1.33. The van der Waals surface area contributed by atoms with Crippen LogP contribution in [0.5, 0.6) is 0 Å². The molecule has 2 heterocycles. The number of para-hydroxylation sites is 2. The van der Waals surface area contributed by atoms with Gasteiger partial charge >= 0.3 is 0 Å². The monoisotopic (exact) mass is 474 g/mol. The number of aromatic nitrogens is 2. The van der Waals surface area contributed by atoms with Crippen LogP contribution in [-0.4, -0.2) is 9.97 Å². The Kier molecular flexibility index (Phi) is 5.11. The van der Waals surface area contributed by atoms with Gasteiger partial charge in [0.1, 0.15) is 11.2 Å². The number of nitrogens with zero attached hydrogens (tertiary/aromatic N) is 2. The Morgan fingerprint density at radius 1 is 0.432 bits per heavy atom. The number of rotatable bonds is 4. The molecule has 0 unspecified atom stereocenters. The topological polar surface area (TPSA) is 38.9 Å². The van der Waals surface area contributed by atoms with Crippen LogP contribution in [0.2, 0.25) is 0 Å². The molecule has 0 bridgehead atoms. The minimum atomic E-state index is 0.703. The molecule has 37 heavy (non-hydrogen) atoms. The van der Waals surface area contributed by atoms with E-state index in [1.165, 1.54) is 0 Å². The minimum absolute atomic E-state index is 0.703. The van der Waals surface area contributed by atoms with Crippen LogP contribution in [0, 0.1) is 0 Å². The van der Waals surface area contributed by atoms with Gasteiger partial charge in [0.05, 0.1) is 11.4 Å². The maximum atomic E-state index is 6.26. The van der Waals surface area contributed by atoms with Gasteiger partial charge in [-0.25, -0.2) is 9.97 Å². The molecule has 0 saturated heterocycles. The van der Waals surface area contributed by atoms with Crippen molar-refractivity contribution in [1.82, 2.24) is 9.97 Å². The lowest BCUT2D eigenvalue weighted by Gasteiger charge is -2.10. The Hall–Kier alpha value is -5.02. The molecule has 3 nitrogen and oxygen atoms in total. The van der Waals surface area contributed by atoms with Crippen LogP contribution in [0.3, 0.4) is 0 Å². The van der Waals surface area contributed by atoms with Gasteiger partial charge in [0.2, 0.25) is 0 Å². The van der Waals surface area contributed by atoms with Gasteiger partial charge in [-0.1, -0.05) is 121 Å². The van der Waals surface area contributed by atoms with Crippen LogP contribution in [0.15, 0.2) is 138 Å². The van der Waals surface area contributed by atoms with Crippen LogP contribution in [-0.2, 0) is 0 Å². The van der Waals surface area contributed by atoms with E-state index in [1.807, 2.05) is 54.6 Å². The molecule has 0 aliphatic heterocycles. The lowest BCUT2D eigenvalue weighted by atomic mass is 10.0. The van der Waals surface area contributed by atoms with E-state index in [1.54, 1.807) is 0 Å². The standard InChI is InChI=1S/C34H22N2O/c1-3-10-24(11-4-1)30-22-31(25-12-5-2-6-13-25)36-34(35-30)26-20-18-23(19-21-26)27-15-9-16-29-28-14-7-8-17-32(28)37-33(27)29/h1-22H. The molecule has 2 aromatic heterocycles. The summed E-state index contributed by atoms with van der Waals surface area (Å²) in [7, 11) is 0. The second kappa shape index (κ2) is 8.89. The zero-order valence-corrected chi connectivity index (χ0v) is 20.0. The van der Waals surface area contributed by atoms with Gasteiger partial charge in [-0.2, -0.15) is 0 Å². The van der Waals surface area contributed by atoms with E-state index in [2.05, 4.69) is 78.9 Å². The molecule has 0 amide bonds. The Morgan fingerprint density at radius 2 is 1.00 bits per heavy atom. The summed E-state index contributed by atoms with van der Waals surface area (Å²) >= 11 is 0. The van der Waals surface area contributed by atoms with Gasteiger partial charge in [-0.05, 0) is 17.7 Å². The highest BCUT2D eigenvalue weighted by atomic mass is 16.3. The van der Waals surface area contributed by atoms with Crippen LogP contribution in [0.25, 0.3) is 67.0 Å². The third-order valence-corrected chi connectivity index (χ3v) is 6.72. The van der Waals surface area contributed by atoms with E-state index in [-0.39, 0.29) is 0 Å². The number of fused-ring (bicyclic) bond motifs is 3. The van der Waals surface area contributed by atoms with Gasteiger partial charge in [0.15, 0.2) is 5.82 Å². The molecule has 0 spiro atoms. The summed E-state index contributed by atoms with van der Waals surface area (Å²) in [5.74, 6) is 0.703. The zero-order valence-electron chi connectivity index (χ0n) is 20.0. The summed E-state index contributed by atoms with van der Waals surface area (Å²) in [5, 5.41) is 2.26. The largest absolute Gasteiger partial charge is 0.455 e. The molecule has 0 saturated carbocycles. The SMILES string of the molecule is c1ccc(-c2cc(-c3ccccc3)nc(-c3ccc(-c4cccc5c4oc4ccccc45)cc3)n2)cc1. The normalized spacial score (nSPS) is 11.2. The molecule has 7 aromatic rings. The van der Waals surface area contributed by atoms with Crippen molar-refractivity contribution in [2.24, 2.45) is 0 Å². The molecular formula is C34H22N2O. The van der Waals surface area contributed by atoms with Gasteiger partial charge < -0.3 is 4.42 Å². The first-order valence-corrected chi connectivity index (χ1v) is 12.3. The average molecular weight is 475 g/mol. The lowest BCUT2D eigenvalue weighted by Crippen LogP contribution is -1.95. The van der Waals surface area contributed by atoms with Gasteiger partial charge in [0.25, 0.3) is 0 Å². The molecule has 0 fully saturated rings. The van der Waals surface area contributed by atoms with Crippen molar-refractivity contribution in [3.05, 3.63) is 133 Å². The number of benzene rings is 5. The van der Waals surface area contributed by atoms with Gasteiger partial charge in [-0.15, -0.1) is 0 Å². The van der Waals surface area contributed by atoms with Crippen molar-refractivity contribution < 1.29 is 4.42 Å². The van der Waals surface area contributed by atoms with Crippen molar-refractivity contribution in [1.29, 1.82) is 0 Å². The highest BCUT2D eigenvalue weighted by Crippen LogP contribution is 2.36. The minimum Gasteiger partial charge on any atom is -0.455 e. The van der Waals surface area contributed by atoms with Crippen LogP contribution >= 0.6 is 0 Å². The average Bonchev–Trinajstić information content (AvgIpc) is 3.37. The van der Waals surface area contributed by atoms with Gasteiger partial charge in [0, 0.05) is 33.0 Å². The molecule has 5 aromatic carbocycles. The first-order chi connectivity index (χ1) is 18.3. The second-order valence-electron chi connectivity index (χ2n) is 9.05. The van der Waals surface area contributed by atoms with Crippen LogP contribution in [0.1, 0.15) is 0 Å². The van der Waals surface area contributed by atoms with E-state index < -0.39 is 0 Å². The summed E-state index contributed by atoms with van der Waals surface area (Å²) in [4.78, 5) is 9.90. The zero-order chi connectivity index (χ0) is 24.6. The maximum Gasteiger partial charge on any atom is 0.160 e. The summed E-state index contributed by atoms with van der Waals surface area (Å²) in [6.07, 6.45) is 0.